The van der Waals surface area contributed by atoms with Gasteiger partial charge in [-0.05, 0) is 26.0 Å². The van der Waals surface area contributed by atoms with Gasteiger partial charge in [0.25, 0.3) is 11.8 Å². The third-order valence-electron chi connectivity index (χ3n) is 3.96. The van der Waals surface area contributed by atoms with Crippen molar-refractivity contribution in [1.82, 2.24) is 14.8 Å². The summed E-state index contributed by atoms with van der Waals surface area (Å²) in [7, 11) is 0. The van der Waals surface area contributed by atoms with E-state index in [9.17, 15) is 9.59 Å². The van der Waals surface area contributed by atoms with Crippen LogP contribution >= 0.6 is 11.3 Å². The number of hydrogen-bond donors (Lipinski definition) is 0. The third-order valence-corrected chi connectivity index (χ3v) is 4.73. The Kier molecular flexibility index (Phi) is 4.43. The predicted octanol–water partition coefficient (Wildman–Crippen LogP) is 2.36. The summed E-state index contributed by atoms with van der Waals surface area (Å²) in [5, 5.41) is 2.68. The van der Waals surface area contributed by atoms with E-state index in [1.165, 1.54) is 11.3 Å². The highest BCUT2D eigenvalue weighted by Crippen LogP contribution is 2.14. The van der Waals surface area contributed by atoms with Gasteiger partial charge in [0.15, 0.2) is 0 Å². The fourth-order valence-electron chi connectivity index (χ4n) is 2.70. The van der Waals surface area contributed by atoms with Crippen molar-refractivity contribution in [3.8, 4) is 0 Å². The van der Waals surface area contributed by atoms with Crippen molar-refractivity contribution in [2.45, 2.75) is 13.8 Å². The molecule has 23 heavy (non-hydrogen) atoms. The highest BCUT2D eigenvalue weighted by atomic mass is 32.1. The van der Waals surface area contributed by atoms with Gasteiger partial charge in [-0.1, -0.05) is 17.7 Å². The molecule has 2 heterocycles. The number of piperazine rings is 1. The lowest BCUT2D eigenvalue weighted by molar-refractivity contribution is 0.0532. The van der Waals surface area contributed by atoms with E-state index in [2.05, 4.69) is 4.98 Å². The third kappa shape index (κ3) is 3.42. The fraction of sp³-hybridized carbons (Fsp3) is 0.353. The van der Waals surface area contributed by atoms with Gasteiger partial charge >= 0.3 is 0 Å². The molecule has 0 bridgehead atoms. The number of nitrogens with zero attached hydrogens (tertiary/aromatic N) is 3. The Hall–Kier alpha value is -2.21. The maximum Gasteiger partial charge on any atom is 0.273 e. The molecule has 1 aromatic heterocycles. The minimum Gasteiger partial charge on any atom is -0.335 e. The zero-order valence-electron chi connectivity index (χ0n) is 13.3. The molecule has 1 saturated heterocycles. The molecule has 0 aliphatic carbocycles. The summed E-state index contributed by atoms with van der Waals surface area (Å²) in [6.07, 6.45) is 0. The molecule has 6 heteroatoms. The molecule has 0 spiro atoms. The molecule has 2 amide bonds. The van der Waals surface area contributed by atoms with Crippen LogP contribution < -0.4 is 0 Å². The van der Waals surface area contributed by atoms with Crippen LogP contribution in [0.25, 0.3) is 0 Å². The molecule has 0 unspecified atom stereocenters. The summed E-state index contributed by atoms with van der Waals surface area (Å²) in [5.41, 5.74) is 2.29. The van der Waals surface area contributed by atoms with Gasteiger partial charge in [-0.15, -0.1) is 11.3 Å². The van der Waals surface area contributed by atoms with Crippen LogP contribution in [0.5, 0.6) is 0 Å². The molecule has 2 aromatic rings. The molecule has 0 N–H and O–H groups in total. The van der Waals surface area contributed by atoms with Crippen molar-refractivity contribution in [2.24, 2.45) is 0 Å². The number of carbonyl (C=O) groups is 2. The van der Waals surface area contributed by atoms with Gasteiger partial charge in [0, 0.05) is 37.1 Å². The average Bonchev–Trinajstić information content (AvgIpc) is 3.00. The molecule has 0 atom stereocenters. The van der Waals surface area contributed by atoms with Crippen LogP contribution in [0.4, 0.5) is 0 Å². The van der Waals surface area contributed by atoms with Crippen LogP contribution in [0.15, 0.2) is 29.6 Å². The van der Waals surface area contributed by atoms with E-state index in [1.807, 2.05) is 43.0 Å². The minimum atomic E-state index is -0.0444. The van der Waals surface area contributed by atoms with Crippen molar-refractivity contribution in [3.63, 3.8) is 0 Å². The summed E-state index contributed by atoms with van der Waals surface area (Å²) in [5.74, 6) is -0.0118. The van der Waals surface area contributed by atoms with Crippen LogP contribution in [0, 0.1) is 13.8 Å². The Labute approximate surface area is 139 Å². The highest BCUT2D eigenvalue weighted by Gasteiger charge is 2.26. The second kappa shape index (κ2) is 6.50. The molecule has 5 nitrogen and oxygen atoms in total. The first-order chi connectivity index (χ1) is 11.0. The van der Waals surface area contributed by atoms with Gasteiger partial charge in [-0.2, -0.15) is 0 Å². The Bertz CT molecular complexity index is 733. The van der Waals surface area contributed by atoms with Gasteiger partial charge in [0.1, 0.15) is 5.69 Å². The lowest BCUT2D eigenvalue weighted by Gasteiger charge is -2.34. The van der Waals surface area contributed by atoms with Crippen LogP contribution in [-0.2, 0) is 0 Å². The molecule has 120 valence electrons. The molecule has 1 aromatic carbocycles. The van der Waals surface area contributed by atoms with E-state index in [-0.39, 0.29) is 11.8 Å². The normalized spacial score (nSPS) is 14.9. The van der Waals surface area contributed by atoms with Gasteiger partial charge in [0.2, 0.25) is 0 Å². The molecule has 1 fully saturated rings. The smallest absolute Gasteiger partial charge is 0.273 e. The monoisotopic (exact) mass is 329 g/mol. The molecule has 1 aliphatic heterocycles. The molecule has 3 rings (SSSR count). The largest absolute Gasteiger partial charge is 0.335 e. The van der Waals surface area contributed by atoms with Gasteiger partial charge in [-0.3, -0.25) is 9.59 Å². The van der Waals surface area contributed by atoms with Crippen LogP contribution in [0.1, 0.15) is 31.4 Å². The zero-order valence-corrected chi connectivity index (χ0v) is 14.1. The number of rotatable bonds is 2. The highest BCUT2D eigenvalue weighted by molar-refractivity contribution is 7.09. The Morgan fingerprint density at radius 3 is 2.26 bits per heavy atom. The lowest BCUT2D eigenvalue weighted by atomic mass is 10.1. The summed E-state index contributed by atoms with van der Waals surface area (Å²) in [6.45, 7) is 6.08. The SMILES string of the molecule is Cc1cccc(C(=O)N2CCN(C(=O)c3csc(C)n3)CC2)c1. The molecule has 0 saturated carbocycles. The first-order valence-electron chi connectivity index (χ1n) is 7.62. The Morgan fingerprint density at radius 1 is 1.04 bits per heavy atom. The van der Waals surface area contributed by atoms with Crippen molar-refractivity contribution in [1.29, 1.82) is 0 Å². The molecular formula is C17H19N3O2S. The second-order valence-electron chi connectivity index (χ2n) is 5.71. The lowest BCUT2D eigenvalue weighted by Crippen LogP contribution is -2.50. The summed E-state index contributed by atoms with van der Waals surface area (Å²) < 4.78 is 0. The number of benzene rings is 1. The summed E-state index contributed by atoms with van der Waals surface area (Å²) >= 11 is 1.48. The Balaban J connectivity index is 1.62. The van der Waals surface area contributed by atoms with E-state index in [4.69, 9.17) is 0 Å². The maximum atomic E-state index is 12.5. The quantitative estimate of drug-likeness (QED) is 0.850. The van der Waals surface area contributed by atoms with E-state index in [0.717, 1.165) is 10.6 Å². The first kappa shape index (κ1) is 15.7. The predicted molar refractivity (Wildman–Crippen MR) is 89.8 cm³/mol. The van der Waals surface area contributed by atoms with E-state index < -0.39 is 0 Å². The van der Waals surface area contributed by atoms with Gasteiger partial charge in [0.05, 0.1) is 5.01 Å². The number of amides is 2. The van der Waals surface area contributed by atoms with Crippen molar-refractivity contribution >= 4 is 23.2 Å². The zero-order chi connectivity index (χ0) is 16.4. The Morgan fingerprint density at radius 2 is 1.70 bits per heavy atom. The topological polar surface area (TPSA) is 53.5 Å². The number of aromatic nitrogens is 1. The van der Waals surface area contributed by atoms with Gasteiger partial charge in [-0.25, -0.2) is 4.98 Å². The van der Waals surface area contributed by atoms with Crippen molar-refractivity contribution < 1.29 is 9.59 Å². The number of thiazole rings is 1. The van der Waals surface area contributed by atoms with Crippen molar-refractivity contribution in [3.05, 3.63) is 51.5 Å². The summed E-state index contributed by atoms with van der Waals surface area (Å²) in [4.78, 5) is 32.7. The standard InChI is InChI=1S/C17H19N3O2S/c1-12-4-3-5-14(10-12)16(21)19-6-8-20(9-7-19)17(22)15-11-23-13(2)18-15/h3-5,10-11H,6-9H2,1-2H3. The first-order valence-corrected chi connectivity index (χ1v) is 8.50. The second-order valence-corrected chi connectivity index (χ2v) is 6.77. The average molecular weight is 329 g/mol. The van der Waals surface area contributed by atoms with Gasteiger partial charge < -0.3 is 9.80 Å². The van der Waals surface area contributed by atoms with Crippen LogP contribution in [-0.4, -0.2) is 52.8 Å². The maximum absolute atomic E-state index is 12.5. The molecular weight excluding hydrogens is 310 g/mol. The number of hydrogen-bond acceptors (Lipinski definition) is 4. The number of carbonyl (C=O) groups excluding carboxylic acids is 2. The molecule has 1 aliphatic rings. The fourth-order valence-corrected chi connectivity index (χ4v) is 3.28. The number of aryl methyl sites for hydroxylation is 2. The summed E-state index contributed by atoms with van der Waals surface area (Å²) in [6, 6.07) is 7.61. The van der Waals surface area contributed by atoms with Crippen molar-refractivity contribution in [2.75, 3.05) is 26.2 Å². The van der Waals surface area contributed by atoms with Crippen LogP contribution in [0.2, 0.25) is 0 Å². The van der Waals surface area contributed by atoms with E-state index in [1.54, 1.807) is 10.3 Å². The minimum absolute atomic E-state index is 0.0327. The molecule has 0 radical (unpaired) electrons. The van der Waals surface area contributed by atoms with E-state index >= 15 is 0 Å². The van der Waals surface area contributed by atoms with Crippen LogP contribution in [0.3, 0.4) is 0 Å². The van der Waals surface area contributed by atoms with E-state index in [0.29, 0.717) is 37.4 Å².